The molecule has 0 bridgehead atoms. The van der Waals surface area contributed by atoms with Crippen molar-refractivity contribution in [2.75, 3.05) is 13.2 Å². The predicted molar refractivity (Wildman–Crippen MR) is 114 cm³/mol. The fourth-order valence-electron chi connectivity index (χ4n) is 3.22. The molecule has 2 aromatic heterocycles. The van der Waals surface area contributed by atoms with Gasteiger partial charge in [0.25, 0.3) is 5.91 Å². The number of nitrogens with two attached hydrogens (primary N) is 1. The van der Waals surface area contributed by atoms with Crippen molar-refractivity contribution in [1.29, 1.82) is 0 Å². The average Bonchev–Trinajstić information content (AvgIpc) is 3.46. The second-order valence-electron chi connectivity index (χ2n) is 6.98. The molecule has 1 aliphatic heterocycles. The Balaban J connectivity index is 1.76. The van der Waals surface area contributed by atoms with Gasteiger partial charge in [-0.1, -0.05) is 0 Å². The van der Waals surface area contributed by atoms with Crippen molar-refractivity contribution in [3.63, 3.8) is 0 Å². The number of amides is 1. The van der Waals surface area contributed by atoms with Crippen molar-refractivity contribution in [2.24, 2.45) is 15.8 Å². The van der Waals surface area contributed by atoms with Gasteiger partial charge in [-0.15, -0.1) is 11.3 Å². The first kappa shape index (κ1) is 20.1. The van der Waals surface area contributed by atoms with Crippen LogP contribution in [-0.2, 0) is 4.74 Å². The molecule has 0 radical (unpaired) electrons. The number of aromatic hydroxyl groups is 1. The number of carbonyl (C=O) groups excluding carboxylic acids is 1. The van der Waals surface area contributed by atoms with Crippen LogP contribution in [-0.4, -0.2) is 41.2 Å². The molecular formula is C21H22N4O4S. The molecular weight excluding hydrogens is 404 g/mol. The first-order chi connectivity index (χ1) is 14.5. The van der Waals surface area contributed by atoms with E-state index in [2.05, 4.69) is 5.10 Å². The second kappa shape index (κ2) is 8.68. The zero-order valence-corrected chi connectivity index (χ0v) is 17.3. The summed E-state index contributed by atoms with van der Waals surface area (Å²) >= 11 is 1.43. The third kappa shape index (κ3) is 4.37. The summed E-state index contributed by atoms with van der Waals surface area (Å²) in [6.07, 6.45) is 3.78. The van der Waals surface area contributed by atoms with Gasteiger partial charge < -0.3 is 20.0 Å². The highest BCUT2D eigenvalue weighted by molar-refractivity contribution is 7.07. The van der Waals surface area contributed by atoms with Gasteiger partial charge in [-0.05, 0) is 50.1 Å². The summed E-state index contributed by atoms with van der Waals surface area (Å²) in [5.74, 6) is 0.547. The monoisotopic (exact) mass is 426 g/mol. The minimum atomic E-state index is -0.700. The smallest absolute Gasteiger partial charge is 0.252 e. The Hall–Kier alpha value is -3.17. The summed E-state index contributed by atoms with van der Waals surface area (Å²) in [4.78, 5) is 17.0. The molecule has 156 valence electrons. The predicted octanol–water partition coefficient (Wildman–Crippen LogP) is 2.88. The number of hydrogen-bond acceptors (Lipinski definition) is 7. The Labute approximate surface area is 176 Å². The number of thiazole rings is 1. The van der Waals surface area contributed by atoms with Gasteiger partial charge in [-0.2, -0.15) is 5.10 Å². The molecule has 30 heavy (non-hydrogen) atoms. The van der Waals surface area contributed by atoms with Gasteiger partial charge in [0.2, 0.25) is 4.80 Å². The van der Waals surface area contributed by atoms with Crippen molar-refractivity contribution in [3.8, 4) is 17.0 Å². The van der Waals surface area contributed by atoms with Gasteiger partial charge in [0, 0.05) is 17.6 Å². The Morgan fingerprint density at radius 1 is 1.40 bits per heavy atom. The fraction of sp³-hybridized carbons (Fsp3) is 0.286. The molecule has 1 amide bonds. The summed E-state index contributed by atoms with van der Waals surface area (Å²) < 4.78 is 12.9. The molecule has 1 unspecified atom stereocenters. The third-order valence-corrected chi connectivity index (χ3v) is 5.61. The number of primary amides is 1. The Morgan fingerprint density at radius 3 is 2.97 bits per heavy atom. The van der Waals surface area contributed by atoms with Crippen molar-refractivity contribution < 1.29 is 19.1 Å². The van der Waals surface area contributed by atoms with Crippen LogP contribution in [0.2, 0.25) is 0 Å². The number of carbonyl (C=O) groups is 1. The van der Waals surface area contributed by atoms with Crippen molar-refractivity contribution in [1.82, 2.24) is 4.68 Å². The van der Waals surface area contributed by atoms with Crippen LogP contribution in [0.4, 0.5) is 0 Å². The first-order valence-corrected chi connectivity index (χ1v) is 10.5. The molecule has 4 rings (SSSR count). The molecule has 1 aromatic carbocycles. The van der Waals surface area contributed by atoms with Crippen molar-refractivity contribution in [3.05, 3.63) is 57.6 Å². The average molecular weight is 426 g/mol. The molecule has 9 heteroatoms. The van der Waals surface area contributed by atoms with E-state index in [0.717, 1.165) is 25.2 Å². The van der Waals surface area contributed by atoms with E-state index < -0.39 is 5.91 Å². The normalized spacial score (nSPS) is 17.2. The largest absolute Gasteiger partial charge is 0.507 e. The topological polar surface area (TPSA) is 115 Å². The lowest BCUT2D eigenvalue weighted by atomic mass is 10.1. The van der Waals surface area contributed by atoms with Gasteiger partial charge in [-0.3, -0.25) is 9.79 Å². The van der Waals surface area contributed by atoms with Crippen LogP contribution >= 0.6 is 11.3 Å². The van der Waals surface area contributed by atoms with E-state index in [9.17, 15) is 9.90 Å². The van der Waals surface area contributed by atoms with Gasteiger partial charge in [0.15, 0.2) is 0 Å². The summed E-state index contributed by atoms with van der Waals surface area (Å²) in [6.45, 7) is 3.19. The Bertz CT molecular complexity index is 1150. The van der Waals surface area contributed by atoms with E-state index in [1.807, 2.05) is 24.4 Å². The zero-order valence-electron chi connectivity index (χ0n) is 16.4. The molecule has 0 aliphatic carbocycles. The van der Waals surface area contributed by atoms with E-state index in [1.54, 1.807) is 23.0 Å². The number of rotatable bonds is 6. The lowest BCUT2D eigenvalue weighted by Gasteiger charge is -2.07. The number of furan rings is 1. The van der Waals surface area contributed by atoms with Gasteiger partial charge in [-0.25, -0.2) is 4.68 Å². The van der Waals surface area contributed by atoms with Gasteiger partial charge in [0.1, 0.15) is 17.3 Å². The van der Waals surface area contributed by atoms with Crippen LogP contribution in [0.15, 0.2) is 50.2 Å². The van der Waals surface area contributed by atoms with Crippen LogP contribution in [0, 0.1) is 6.92 Å². The maximum atomic E-state index is 11.6. The van der Waals surface area contributed by atoms with Crippen LogP contribution in [0.3, 0.4) is 0 Å². The van der Waals surface area contributed by atoms with Crippen LogP contribution < -0.4 is 10.5 Å². The maximum absolute atomic E-state index is 11.6. The highest BCUT2D eigenvalue weighted by Crippen LogP contribution is 2.26. The molecule has 0 spiro atoms. The number of aromatic nitrogens is 1. The Morgan fingerprint density at radius 2 is 2.27 bits per heavy atom. The molecule has 1 aliphatic rings. The molecule has 3 aromatic rings. The minimum Gasteiger partial charge on any atom is -0.507 e. The number of aryl methyl sites for hydroxylation is 1. The van der Waals surface area contributed by atoms with Crippen LogP contribution in [0.5, 0.6) is 5.75 Å². The van der Waals surface area contributed by atoms with Crippen LogP contribution in [0.25, 0.3) is 11.3 Å². The number of nitrogens with zero attached hydrogens (tertiary/aromatic N) is 3. The lowest BCUT2D eigenvalue weighted by molar-refractivity contribution is 0.0997. The number of ether oxygens (including phenoxy) is 1. The third-order valence-electron chi connectivity index (χ3n) is 4.76. The minimum absolute atomic E-state index is 0.0498. The molecule has 3 N–H and O–H groups in total. The molecule has 3 heterocycles. The van der Waals surface area contributed by atoms with Crippen molar-refractivity contribution in [2.45, 2.75) is 25.9 Å². The molecule has 8 nitrogen and oxygen atoms in total. The second-order valence-corrected chi connectivity index (χ2v) is 7.82. The van der Waals surface area contributed by atoms with Gasteiger partial charge in [0.05, 0.1) is 30.1 Å². The van der Waals surface area contributed by atoms with Crippen molar-refractivity contribution >= 4 is 23.5 Å². The number of hydrogen-bond donors (Lipinski definition) is 2. The Kier molecular flexibility index (Phi) is 5.82. The van der Waals surface area contributed by atoms with Gasteiger partial charge >= 0.3 is 0 Å². The summed E-state index contributed by atoms with van der Waals surface area (Å²) in [5, 5.41) is 16.4. The summed E-state index contributed by atoms with van der Waals surface area (Å²) in [5.41, 5.74) is 6.83. The van der Waals surface area contributed by atoms with Crippen LogP contribution in [0.1, 0.15) is 34.7 Å². The van der Waals surface area contributed by atoms with E-state index in [0.29, 0.717) is 28.4 Å². The maximum Gasteiger partial charge on any atom is 0.252 e. The molecule has 1 atom stereocenters. The highest BCUT2D eigenvalue weighted by atomic mass is 32.1. The van der Waals surface area contributed by atoms with E-state index >= 15 is 0 Å². The van der Waals surface area contributed by atoms with E-state index in [4.69, 9.17) is 19.9 Å². The van der Waals surface area contributed by atoms with E-state index in [-0.39, 0.29) is 17.4 Å². The number of benzene rings is 1. The SMILES string of the molecule is Cc1ccc(/C=N/n2c(-c3ccc(O)c(C(N)=O)c3)csc2=NCC2CCCO2)o1. The van der Waals surface area contributed by atoms with E-state index in [1.165, 1.54) is 17.4 Å². The lowest BCUT2D eigenvalue weighted by Crippen LogP contribution is -2.17. The summed E-state index contributed by atoms with van der Waals surface area (Å²) in [6, 6.07) is 8.40. The first-order valence-electron chi connectivity index (χ1n) is 9.58. The number of phenols is 1. The zero-order chi connectivity index (χ0) is 21.1. The molecule has 1 saturated heterocycles. The quantitative estimate of drug-likeness (QED) is 0.590. The molecule has 1 fully saturated rings. The highest BCUT2D eigenvalue weighted by Gasteiger charge is 2.16. The summed E-state index contributed by atoms with van der Waals surface area (Å²) in [7, 11) is 0. The standard InChI is InChI=1S/C21H22N4O4S/c1-13-4-6-16(29-13)11-24-25-18(14-5-7-19(26)17(9-14)20(22)27)12-30-21(25)23-10-15-3-2-8-28-15/h4-7,9,11-12,15,26H,2-3,8,10H2,1H3,(H2,22,27)/b23-21?,24-11+. The fourth-order valence-corrected chi connectivity index (χ4v) is 4.06. The molecule has 0 saturated carbocycles.